The average Bonchev–Trinajstić information content (AvgIpc) is 3.05. The van der Waals surface area contributed by atoms with E-state index in [1.807, 2.05) is 61.2 Å². The first-order valence-corrected chi connectivity index (χ1v) is 10.2. The minimum atomic E-state index is 0.0242. The fraction of sp³-hybridized carbons (Fsp3) is 0.250. The Morgan fingerprint density at radius 3 is 2.61 bits per heavy atom. The van der Waals surface area contributed by atoms with Gasteiger partial charge in [0.25, 0.3) is 0 Å². The molecule has 0 bridgehead atoms. The van der Waals surface area contributed by atoms with E-state index >= 15 is 0 Å². The smallest absolute Gasteiger partial charge is 0.233 e. The maximum atomic E-state index is 12.8. The Balaban J connectivity index is 1.68. The Morgan fingerprint density at radius 2 is 1.93 bits per heavy atom. The van der Waals surface area contributed by atoms with Gasteiger partial charge in [-0.05, 0) is 31.5 Å². The molecule has 2 aromatic carbocycles. The number of hydrogen-bond acceptors (Lipinski definition) is 5. The Hall–Kier alpha value is -2.51. The van der Waals surface area contributed by atoms with Crippen LogP contribution in [0.5, 0.6) is 0 Å². The van der Waals surface area contributed by atoms with Gasteiger partial charge in [0.2, 0.25) is 11.1 Å². The molecule has 28 heavy (non-hydrogen) atoms. The third-order valence-corrected chi connectivity index (χ3v) is 5.37. The Labute approximate surface area is 173 Å². The molecule has 2 N–H and O–H groups in total. The van der Waals surface area contributed by atoms with Crippen LogP contribution in [0.25, 0.3) is 11.4 Å². The quantitative estimate of drug-likeness (QED) is 0.468. The van der Waals surface area contributed by atoms with Crippen LogP contribution in [0.15, 0.2) is 59.8 Å². The number of rotatable bonds is 7. The summed E-state index contributed by atoms with van der Waals surface area (Å²) < 4.78 is 1.39. The summed E-state index contributed by atoms with van der Waals surface area (Å²) in [6, 6.07) is 17.3. The first-order valence-electron chi connectivity index (χ1n) is 8.88. The van der Waals surface area contributed by atoms with Crippen LogP contribution in [0.3, 0.4) is 0 Å². The van der Waals surface area contributed by atoms with Crippen LogP contribution in [0.2, 0.25) is 5.02 Å². The standard InChI is InChI=1S/C20H22ClN5OS/c1-14(2)25(12-15-7-4-3-5-8-15)18(27)13-28-20-24-23-19(26(20)22)16-9-6-10-17(21)11-16/h3-11,14H,12-13,22H2,1-2H3. The van der Waals surface area contributed by atoms with Gasteiger partial charge in [-0.1, -0.05) is 65.8 Å². The van der Waals surface area contributed by atoms with Crippen LogP contribution in [-0.4, -0.2) is 37.5 Å². The molecule has 6 nitrogen and oxygen atoms in total. The van der Waals surface area contributed by atoms with Gasteiger partial charge in [0, 0.05) is 23.2 Å². The van der Waals surface area contributed by atoms with Crippen molar-refractivity contribution >= 4 is 29.3 Å². The van der Waals surface area contributed by atoms with E-state index in [1.54, 1.807) is 12.1 Å². The lowest BCUT2D eigenvalue weighted by Gasteiger charge is -2.26. The minimum Gasteiger partial charge on any atom is -0.335 e. The van der Waals surface area contributed by atoms with Crippen LogP contribution in [0.1, 0.15) is 19.4 Å². The molecular formula is C20H22ClN5OS. The van der Waals surface area contributed by atoms with Crippen molar-refractivity contribution in [2.75, 3.05) is 11.6 Å². The van der Waals surface area contributed by atoms with E-state index in [-0.39, 0.29) is 17.7 Å². The summed E-state index contributed by atoms with van der Waals surface area (Å²) in [5, 5.41) is 9.33. The minimum absolute atomic E-state index is 0.0242. The van der Waals surface area contributed by atoms with E-state index in [4.69, 9.17) is 17.4 Å². The lowest BCUT2D eigenvalue weighted by molar-refractivity contribution is -0.130. The zero-order valence-electron chi connectivity index (χ0n) is 15.7. The van der Waals surface area contributed by atoms with Crippen molar-refractivity contribution in [1.29, 1.82) is 0 Å². The Morgan fingerprint density at radius 1 is 1.18 bits per heavy atom. The van der Waals surface area contributed by atoms with Crippen LogP contribution in [-0.2, 0) is 11.3 Å². The number of thioether (sulfide) groups is 1. The molecule has 0 aliphatic rings. The molecule has 0 aliphatic heterocycles. The van der Waals surface area contributed by atoms with Gasteiger partial charge in [-0.15, -0.1) is 10.2 Å². The van der Waals surface area contributed by atoms with Gasteiger partial charge in [0.15, 0.2) is 5.82 Å². The summed E-state index contributed by atoms with van der Waals surface area (Å²) in [6.45, 7) is 4.59. The summed E-state index contributed by atoms with van der Waals surface area (Å²) in [5.41, 5.74) is 1.87. The van der Waals surface area contributed by atoms with E-state index in [9.17, 15) is 4.79 Å². The highest BCUT2D eigenvalue weighted by atomic mass is 35.5. The number of carbonyl (C=O) groups is 1. The third-order valence-electron chi connectivity index (χ3n) is 4.21. The summed E-state index contributed by atoms with van der Waals surface area (Å²) in [7, 11) is 0. The second-order valence-electron chi connectivity index (χ2n) is 6.58. The number of nitrogen functional groups attached to an aromatic ring is 1. The number of carbonyl (C=O) groups excluding carboxylic acids is 1. The molecule has 146 valence electrons. The number of halogens is 1. The number of hydrogen-bond donors (Lipinski definition) is 1. The first-order chi connectivity index (χ1) is 13.5. The molecule has 3 aromatic rings. The van der Waals surface area contributed by atoms with Crippen LogP contribution in [0, 0.1) is 0 Å². The fourth-order valence-electron chi connectivity index (χ4n) is 2.75. The molecule has 0 saturated carbocycles. The molecule has 1 aromatic heterocycles. The molecule has 0 spiro atoms. The predicted octanol–water partition coefficient (Wildman–Crippen LogP) is 3.84. The third kappa shape index (κ3) is 4.85. The molecule has 0 aliphatic carbocycles. The second-order valence-corrected chi connectivity index (χ2v) is 7.96. The topological polar surface area (TPSA) is 77.0 Å². The van der Waals surface area contributed by atoms with E-state index < -0.39 is 0 Å². The fourth-order valence-corrected chi connectivity index (χ4v) is 3.68. The first kappa shape index (κ1) is 20.2. The van der Waals surface area contributed by atoms with Crippen LogP contribution in [0.4, 0.5) is 0 Å². The van der Waals surface area contributed by atoms with Gasteiger partial charge >= 0.3 is 0 Å². The molecule has 0 atom stereocenters. The normalized spacial score (nSPS) is 11.0. The van der Waals surface area contributed by atoms with E-state index in [2.05, 4.69) is 10.2 Å². The summed E-state index contributed by atoms with van der Waals surface area (Å²) in [4.78, 5) is 14.6. The van der Waals surface area contributed by atoms with Crippen molar-refractivity contribution in [3.05, 3.63) is 65.2 Å². The molecule has 3 rings (SSSR count). The molecular weight excluding hydrogens is 394 g/mol. The highest BCUT2D eigenvalue weighted by molar-refractivity contribution is 7.99. The molecule has 0 saturated heterocycles. The summed E-state index contributed by atoms with van der Waals surface area (Å²) >= 11 is 7.31. The van der Waals surface area contributed by atoms with Crippen molar-refractivity contribution in [3.63, 3.8) is 0 Å². The number of nitrogens with zero attached hydrogens (tertiary/aromatic N) is 4. The van der Waals surface area contributed by atoms with Crippen LogP contribution < -0.4 is 5.84 Å². The molecule has 8 heteroatoms. The maximum Gasteiger partial charge on any atom is 0.233 e. The summed E-state index contributed by atoms with van der Waals surface area (Å²) in [6.07, 6.45) is 0. The van der Waals surface area contributed by atoms with Gasteiger partial charge in [-0.2, -0.15) is 0 Å². The van der Waals surface area contributed by atoms with Gasteiger partial charge in [-0.3, -0.25) is 4.79 Å². The van der Waals surface area contributed by atoms with Crippen molar-refractivity contribution < 1.29 is 4.79 Å². The van der Waals surface area contributed by atoms with Crippen molar-refractivity contribution in [1.82, 2.24) is 19.8 Å². The molecule has 0 fully saturated rings. The van der Waals surface area contributed by atoms with Gasteiger partial charge in [0.1, 0.15) is 0 Å². The van der Waals surface area contributed by atoms with Crippen LogP contribution >= 0.6 is 23.4 Å². The Kier molecular flexibility index (Phi) is 6.59. The zero-order valence-corrected chi connectivity index (χ0v) is 17.3. The average molecular weight is 416 g/mol. The molecule has 0 radical (unpaired) electrons. The Bertz CT molecular complexity index is 945. The largest absolute Gasteiger partial charge is 0.335 e. The van der Waals surface area contributed by atoms with Crippen molar-refractivity contribution in [2.45, 2.75) is 31.6 Å². The van der Waals surface area contributed by atoms with Gasteiger partial charge in [-0.25, -0.2) is 4.68 Å². The maximum absolute atomic E-state index is 12.8. The lowest BCUT2D eigenvalue weighted by Crippen LogP contribution is -2.37. The molecule has 0 unspecified atom stereocenters. The van der Waals surface area contributed by atoms with Crippen molar-refractivity contribution in [3.8, 4) is 11.4 Å². The number of nitrogens with two attached hydrogens (primary N) is 1. The predicted molar refractivity (Wildman–Crippen MR) is 113 cm³/mol. The van der Waals surface area contributed by atoms with E-state index in [0.717, 1.165) is 11.1 Å². The lowest BCUT2D eigenvalue weighted by atomic mass is 10.2. The van der Waals surface area contributed by atoms with Gasteiger partial charge in [0.05, 0.1) is 5.75 Å². The molecule has 1 amide bonds. The SMILES string of the molecule is CC(C)N(Cc1ccccc1)C(=O)CSc1nnc(-c2cccc(Cl)c2)n1N. The van der Waals surface area contributed by atoms with E-state index in [1.165, 1.54) is 16.4 Å². The number of benzene rings is 2. The second kappa shape index (κ2) is 9.12. The number of aromatic nitrogens is 3. The monoisotopic (exact) mass is 415 g/mol. The zero-order chi connectivity index (χ0) is 20.1. The highest BCUT2D eigenvalue weighted by Gasteiger charge is 2.20. The van der Waals surface area contributed by atoms with Gasteiger partial charge < -0.3 is 10.7 Å². The highest BCUT2D eigenvalue weighted by Crippen LogP contribution is 2.24. The van der Waals surface area contributed by atoms with E-state index in [0.29, 0.717) is 22.5 Å². The van der Waals surface area contributed by atoms with Crippen molar-refractivity contribution in [2.24, 2.45) is 0 Å². The molecule has 1 heterocycles. The number of amides is 1. The summed E-state index contributed by atoms with van der Waals surface area (Å²) in [5.74, 6) is 6.89.